The van der Waals surface area contributed by atoms with Gasteiger partial charge < -0.3 is 10.2 Å². The number of hydrogen-bond donors (Lipinski definition) is 1. The highest BCUT2D eigenvalue weighted by molar-refractivity contribution is 5.88. The summed E-state index contributed by atoms with van der Waals surface area (Å²) in [7, 11) is 2.04. The number of rotatable bonds is 8. The molecule has 0 amide bonds. The maximum absolute atomic E-state index is 3.52. The number of nitrogens with zero attached hydrogens (tertiary/aromatic N) is 1. The smallest absolute Gasteiger partial charge is 0.0586 e. The van der Waals surface area contributed by atoms with Crippen LogP contribution in [0.3, 0.4) is 0 Å². The predicted octanol–water partition coefficient (Wildman–Crippen LogP) is 13.1. The van der Waals surface area contributed by atoms with E-state index in [9.17, 15) is 0 Å². The van der Waals surface area contributed by atoms with Crippen molar-refractivity contribution < 1.29 is 0 Å². The molecule has 0 saturated heterocycles. The zero-order valence-electron chi connectivity index (χ0n) is 29.1. The summed E-state index contributed by atoms with van der Waals surface area (Å²) in [6.07, 6.45) is 0. The van der Waals surface area contributed by atoms with Crippen LogP contribution in [0.15, 0.2) is 200 Å². The van der Waals surface area contributed by atoms with E-state index in [2.05, 4.69) is 210 Å². The van der Waals surface area contributed by atoms with Crippen molar-refractivity contribution in [1.82, 2.24) is 5.32 Å². The molecule has 9 rings (SSSR count). The molecular formula is C50H38N2. The molecule has 0 bridgehead atoms. The highest BCUT2D eigenvalue weighted by Crippen LogP contribution is 2.45. The molecule has 0 aliphatic heterocycles. The third-order valence-corrected chi connectivity index (χ3v) is 10.3. The van der Waals surface area contributed by atoms with Crippen LogP contribution in [0, 0.1) is 0 Å². The first-order valence-electron chi connectivity index (χ1n) is 18.0. The van der Waals surface area contributed by atoms with Crippen LogP contribution in [0.1, 0.15) is 17.2 Å². The van der Waals surface area contributed by atoms with Crippen LogP contribution in [0.5, 0.6) is 0 Å². The molecule has 8 aromatic rings. The van der Waals surface area contributed by atoms with Crippen molar-refractivity contribution in [3.63, 3.8) is 0 Å². The monoisotopic (exact) mass is 666 g/mol. The lowest BCUT2D eigenvalue weighted by atomic mass is 9.91. The normalized spacial score (nSPS) is 13.0. The second-order valence-electron chi connectivity index (χ2n) is 13.4. The van der Waals surface area contributed by atoms with Crippen molar-refractivity contribution in [1.29, 1.82) is 0 Å². The van der Waals surface area contributed by atoms with E-state index < -0.39 is 0 Å². The molecule has 248 valence electrons. The number of benzene rings is 8. The van der Waals surface area contributed by atoms with Crippen LogP contribution in [0.2, 0.25) is 0 Å². The first-order valence-corrected chi connectivity index (χ1v) is 18.0. The van der Waals surface area contributed by atoms with Crippen molar-refractivity contribution in [2.45, 2.75) is 6.04 Å². The van der Waals surface area contributed by atoms with Gasteiger partial charge in [-0.05, 0) is 122 Å². The Morgan fingerprint density at radius 3 is 1.48 bits per heavy atom. The van der Waals surface area contributed by atoms with Gasteiger partial charge in [-0.1, -0.05) is 152 Å². The minimum absolute atomic E-state index is 0.227. The van der Waals surface area contributed by atoms with Crippen LogP contribution < -0.4 is 10.2 Å². The summed E-state index contributed by atoms with van der Waals surface area (Å²) in [5, 5.41) is 3.52. The zero-order chi connectivity index (χ0) is 34.9. The maximum Gasteiger partial charge on any atom is 0.0586 e. The second kappa shape index (κ2) is 13.7. The Hall–Kier alpha value is -6.48. The van der Waals surface area contributed by atoms with Gasteiger partial charge in [0, 0.05) is 17.1 Å². The summed E-state index contributed by atoms with van der Waals surface area (Å²) in [4.78, 5) is 2.32. The molecule has 1 aliphatic rings. The van der Waals surface area contributed by atoms with E-state index in [1.807, 2.05) is 7.05 Å². The number of fused-ring (bicyclic) bond motifs is 3. The Bertz CT molecular complexity index is 2480. The van der Waals surface area contributed by atoms with Gasteiger partial charge in [-0.15, -0.1) is 0 Å². The van der Waals surface area contributed by atoms with Crippen molar-refractivity contribution >= 4 is 17.1 Å². The van der Waals surface area contributed by atoms with E-state index in [1.165, 1.54) is 66.8 Å². The van der Waals surface area contributed by atoms with Crippen LogP contribution in [-0.4, -0.2) is 7.05 Å². The standard InChI is InChI=1S/C50H38N2/c1-51-50-47-22-11-10-21-46(47)49-34-39(27-32-48(49)50)38-15-12-16-40(33-38)45-20-9-8-19-44(45)37-25-30-43(31-26-37)52(41-17-6-3-7-18-41)42-28-23-36(24-29-42)35-13-4-2-5-14-35/h2-34,50-51H,1H3. The lowest BCUT2D eigenvalue weighted by Gasteiger charge is -2.26. The van der Waals surface area contributed by atoms with Crippen LogP contribution in [0.4, 0.5) is 17.1 Å². The number of hydrogen-bond acceptors (Lipinski definition) is 2. The minimum Gasteiger partial charge on any atom is -0.311 e. The largest absolute Gasteiger partial charge is 0.311 e. The van der Waals surface area contributed by atoms with Crippen LogP contribution in [0.25, 0.3) is 55.6 Å². The Kier molecular flexibility index (Phi) is 8.28. The van der Waals surface area contributed by atoms with E-state index in [0.717, 1.165) is 17.1 Å². The summed E-state index contributed by atoms with van der Waals surface area (Å²) >= 11 is 0. The van der Waals surface area contributed by atoms with Gasteiger partial charge in [-0.25, -0.2) is 0 Å². The fourth-order valence-electron chi connectivity index (χ4n) is 7.79. The van der Waals surface area contributed by atoms with Gasteiger partial charge in [0.1, 0.15) is 0 Å². The number of nitrogens with one attached hydrogen (secondary N) is 1. The highest BCUT2D eigenvalue weighted by atomic mass is 15.1. The molecule has 0 spiro atoms. The molecule has 8 aromatic carbocycles. The fourth-order valence-corrected chi connectivity index (χ4v) is 7.79. The average Bonchev–Trinajstić information content (AvgIpc) is 3.55. The molecule has 52 heavy (non-hydrogen) atoms. The third kappa shape index (κ3) is 5.80. The highest BCUT2D eigenvalue weighted by Gasteiger charge is 2.27. The van der Waals surface area contributed by atoms with Gasteiger partial charge in [0.05, 0.1) is 6.04 Å². The van der Waals surface area contributed by atoms with Crippen molar-refractivity contribution in [2.75, 3.05) is 11.9 Å². The van der Waals surface area contributed by atoms with Crippen molar-refractivity contribution in [2.24, 2.45) is 0 Å². The summed E-state index contributed by atoms with van der Waals surface area (Å²) < 4.78 is 0. The molecule has 0 radical (unpaired) electrons. The summed E-state index contributed by atoms with van der Waals surface area (Å²) in [6, 6.07) is 72.6. The summed E-state index contributed by atoms with van der Waals surface area (Å²) in [5.74, 6) is 0. The molecule has 2 heteroatoms. The van der Waals surface area contributed by atoms with Crippen molar-refractivity contribution in [3.8, 4) is 55.6 Å². The molecule has 1 aliphatic carbocycles. The summed E-state index contributed by atoms with van der Waals surface area (Å²) in [5.41, 5.74) is 18.4. The number of para-hydroxylation sites is 1. The zero-order valence-corrected chi connectivity index (χ0v) is 29.1. The van der Waals surface area contributed by atoms with E-state index in [1.54, 1.807) is 0 Å². The van der Waals surface area contributed by atoms with E-state index in [-0.39, 0.29) is 6.04 Å². The lowest BCUT2D eigenvalue weighted by Crippen LogP contribution is -2.14. The van der Waals surface area contributed by atoms with Crippen LogP contribution >= 0.6 is 0 Å². The van der Waals surface area contributed by atoms with E-state index in [4.69, 9.17) is 0 Å². The van der Waals surface area contributed by atoms with Crippen molar-refractivity contribution in [3.05, 3.63) is 211 Å². The summed E-state index contributed by atoms with van der Waals surface area (Å²) in [6.45, 7) is 0. The van der Waals surface area contributed by atoms with Gasteiger partial charge in [0.2, 0.25) is 0 Å². The lowest BCUT2D eigenvalue weighted by molar-refractivity contribution is 0.708. The average molecular weight is 667 g/mol. The molecule has 0 aromatic heterocycles. The molecule has 0 saturated carbocycles. The van der Waals surface area contributed by atoms with Gasteiger partial charge in [0.15, 0.2) is 0 Å². The Balaban J connectivity index is 1.04. The van der Waals surface area contributed by atoms with E-state index in [0.29, 0.717) is 0 Å². The van der Waals surface area contributed by atoms with Crippen LogP contribution in [-0.2, 0) is 0 Å². The Labute approximate surface area is 306 Å². The second-order valence-corrected chi connectivity index (χ2v) is 13.4. The topological polar surface area (TPSA) is 15.3 Å². The van der Waals surface area contributed by atoms with Gasteiger partial charge in [-0.3, -0.25) is 0 Å². The first-order chi connectivity index (χ1) is 25.7. The quantitative estimate of drug-likeness (QED) is 0.174. The molecule has 0 heterocycles. The van der Waals surface area contributed by atoms with Gasteiger partial charge in [0.25, 0.3) is 0 Å². The molecule has 2 nitrogen and oxygen atoms in total. The molecule has 1 N–H and O–H groups in total. The first kappa shape index (κ1) is 31.5. The SMILES string of the molecule is CNC1c2ccccc2-c2cc(-c3cccc(-c4ccccc4-c4ccc(N(c5ccccc5)c5ccc(-c6ccccc6)cc5)cc4)c3)ccc21. The molecular weight excluding hydrogens is 629 g/mol. The Morgan fingerprint density at radius 2 is 0.788 bits per heavy atom. The van der Waals surface area contributed by atoms with Gasteiger partial charge in [-0.2, -0.15) is 0 Å². The van der Waals surface area contributed by atoms with Gasteiger partial charge >= 0.3 is 0 Å². The molecule has 1 unspecified atom stereocenters. The minimum atomic E-state index is 0.227. The molecule has 1 atom stereocenters. The predicted molar refractivity (Wildman–Crippen MR) is 219 cm³/mol. The number of anilines is 3. The third-order valence-electron chi connectivity index (χ3n) is 10.3. The Morgan fingerprint density at radius 1 is 0.327 bits per heavy atom. The van der Waals surface area contributed by atoms with E-state index >= 15 is 0 Å². The molecule has 0 fully saturated rings. The fraction of sp³-hybridized carbons (Fsp3) is 0.0400. The maximum atomic E-state index is 3.52.